The van der Waals surface area contributed by atoms with Gasteiger partial charge in [-0.25, -0.2) is 0 Å². The monoisotopic (exact) mass is 163 g/mol. The Balaban J connectivity index is 2.62. The van der Waals surface area contributed by atoms with Gasteiger partial charge in [-0.15, -0.1) is 0 Å². The predicted octanol–water partition coefficient (Wildman–Crippen LogP) is 0.265. The highest BCUT2D eigenvalue weighted by atomic mass is 16.5. The highest BCUT2D eigenvalue weighted by molar-refractivity contribution is 5.76. The van der Waals surface area contributed by atoms with Gasteiger partial charge in [0, 0.05) is 11.8 Å². The van der Waals surface area contributed by atoms with E-state index in [2.05, 4.69) is 4.99 Å². The molecule has 1 aromatic rings. The maximum absolute atomic E-state index is 11.1. The fourth-order valence-corrected chi connectivity index (χ4v) is 1.21. The van der Waals surface area contributed by atoms with Crippen molar-refractivity contribution in [2.75, 3.05) is 5.73 Å². The first-order valence-corrected chi connectivity index (χ1v) is 3.67. The molecule has 0 fully saturated rings. The van der Waals surface area contributed by atoms with Crippen molar-refractivity contribution in [1.29, 1.82) is 0 Å². The number of nitrogens with zero attached hydrogens (tertiary/aromatic N) is 1. The number of nitrogen functional groups attached to an aromatic ring is 1. The standard InChI is InChI=1S/C8H9N3O/c1-5-2-8-7(3-6(5)9)10-4-11(8)12/h2-4,11H,9H2,1H3. The largest absolute Gasteiger partial charge is 0.623 e. The molecule has 4 nitrogen and oxygen atoms in total. The normalized spacial score (nSPS) is 19.7. The molecule has 0 saturated heterocycles. The summed E-state index contributed by atoms with van der Waals surface area (Å²) in [5.41, 5.74) is 8.60. The summed E-state index contributed by atoms with van der Waals surface area (Å²) >= 11 is 0. The third kappa shape index (κ3) is 0.895. The van der Waals surface area contributed by atoms with Crippen molar-refractivity contribution in [2.24, 2.45) is 4.99 Å². The minimum absolute atomic E-state index is 0.0342. The van der Waals surface area contributed by atoms with Gasteiger partial charge in [0.1, 0.15) is 5.69 Å². The number of nitrogens with one attached hydrogen (secondary N) is 1. The zero-order valence-electron chi connectivity index (χ0n) is 6.66. The number of aliphatic imine (C=N–C) groups is 1. The van der Waals surface area contributed by atoms with Crippen LogP contribution in [0.15, 0.2) is 17.1 Å². The van der Waals surface area contributed by atoms with Crippen molar-refractivity contribution >= 4 is 23.4 Å². The molecule has 0 bridgehead atoms. The SMILES string of the molecule is Cc1cc2c(cc1N)N=C[NH+]2[O-]. The molecule has 1 heterocycles. The van der Waals surface area contributed by atoms with E-state index in [1.165, 1.54) is 6.34 Å². The predicted molar refractivity (Wildman–Crippen MR) is 47.7 cm³/mol. The van der Waals surface area contributed by atoms with Crippen molar-refractivity contribution in [2.45, 2.75) is 6.92 Å². The van der Waals surface area contributed by atoms with E-state index in [0.29, 0.717) is 17.1 Å². The molecule has 1 aliphatic heterocycles. The average Bonchev–Trinajstić information content (AvgIpc) is 2.35. The van der Waals surface area contributed by atoms with Crippen LogP contribution < -0.4 is 10.8 Å². The summed E-state index contributed by atoms with van der Waals surface area (Å²) in [6, 6.07) is 3.51. The molecule has 0 saturated carbocycles. The van der Waals surface area contributed by atoms with Crippen LogP contribution in [-0.4, -0.2) is 6.34 Å². The van der Waals surface area contributed by atoms with Crippen LogP contribution in [0.25, 0.3) is 0 Å². The molecule has 2 rings (SSSR count). The second kappa shape index (κ2) is 2.30. The van der Waals surface area contributed by atoms with E-state index >= 15 is 0 Å². The topological polar surface area (TPSA) is 65.9 Å². The summed E-state index contributed by atoms with van der Waals surface area (Å²) in [5.74, 6) is 0. The molecule has 3 N–H and O–H groups in total. The molecule has 1 unspecified atom stereocenters. The first kappa shape index (κ1) is 7.27. The van der Waals surface area contributed by atoms with E-state index in [1.54, 1.807) is 12.1 Å². The van der Waals surface area contributed by atoms with Gasteiger partial charge in [-0.1, -0.05) is 0 Å². The number of anilines is 1. The van der Waals surface area contributed by atoms with Gasteiger partial charge in [0.25, 0.3) is 0 Å². The van der Waals surface area contributed by atoms with Gasteiger partial charge < -0.3 is 10.9 Å². The molecule has 12 heavy (non-hydrogen) atoms. The molecule has 4 heteroatoms. The molecule has 0 aliphatic carbocycles. The zero-order valence-corrected chi connectivity index (χ0v) is 6.66. The second-order valence-electron chi connectivity index (χ2n) is 2.85. The van der Waals surface area contributed by atoms with Gasteiger partial charge in [0.15, 0.2) is 12.0 Å². The van der Waals surface area contributed by atoms with E-state index in [9.17, 15) is 5.21 Å². The van der Waals surface area contributed by atoms with Gasteiger partial charge in [0.2, 0.25) is 0 Å². The van der Waals surface area contributed by atoms with Gasteiger partial charge in [-0.2, -0.15) is 4.99 Å². The molecular weight excluding hydrogens is 154 g/mol. The van der Waals surface area contributed by atoms with Gasteiger partial charge in [-0.05, 0) is 18.6 Å². The Morgan fingerprint density at radius 3 is 3.00 bits per heavy atom. The molecular formula is C8H9N3O. The lowest BCUT2D eigenvalue weighted by Crippen LogP contribution is -2.99. The number of aryl methyl sites for hydroxylation is 1. The third-order valence-corrected chi connectivity index (χ3v) is 1.97. The summed E-state index contributed by atoms with van der Waals surface area (Å²) in [6.07, 6.45) is 1.32. The van der Waals surface area contributed by atoms with Crippen LogP contribution >= 0.6 is 0 Å². The molecule has 1 aromatic carbocycles. The fourth-order valence-electron chi connectivity index (χ4n) is 1.21. The lowest BCUT2D eigenvalue weighted by Gasteiger charge is -2.12. The van der Waals surface area contributed by atoms with Crippen LogP contribution in [0.4, 0.5) is 17.1 Å². The second-order valence-corrected chi connectivity index (χ2v) is 2.85. The maximum Gasteiger partial charge on any atom is 0.194 e. The van der Waals surface area contributed by atoms with E-state index in [4.69, 9.17) is 5.73 Å². The first-order valence-electron chi connectivity index (χ1n) is 3.67. The van der Waals surface area contributed by atoms with Crippen molar-refractivity contribution in [1.82, 2.24) is 0 Å². The summed E-state index contributed by atoms with van der Waals surface area (Å²) in [5, 5.41) is 11.1. The van der Waals surface area contributed by atoms with Gasteiger partial charge in [-0.3, -0.25) is 5.06 Å². The van der Waals surface area contributed by atoms with E-state index < -0.39 is 0 Å². The van der Waals surface area contributed by atoms with E-state index in [-0.39, 0.29) is 5.06 Å². The number of benzene rings is 1. The number of hydrogen-bond donors (Lipinski definition) is 2. The molecule has 62 valence electrons. The smallest absolute Gasteiger partial charge is 0.194 e. The highest BCUT2D eigenvalue weighted by Gasteiger charge is 2.15. The summed E-state index contributed by atoms with van der Waals surface area (Å²) in [7, 11) is 0. The van der Waals surface area contributed by atoms with Crippen molar-refractivity contribution in [3.05, 3.63) is 22.9 Å². The summed E-state index contributed by atoms with van der Waals surface area (Å²) < 4.78 is 0. The number of quaternary nitrogens is 1. The Kier molecular flexibility index (Phi) is 1.39. The van der Waals surface area contributed by atoms with Crippen LogP contribution in [0.2, 0.25) is 0 Å². The van der Waals surface area contributed by atoms with Crippen LogP contribution in [-0.2, 0) is 0 Å². The molecule has 0 radical (unpaired) electrons. The summed E-state index contributed by atoms with van der Waals surface area (Å²) in [4.78, 5) is 3.93. The fraction of sp³-hybridized carbons (Fsp3) is 0.125. The first-order chi connectivity index (χ1) is 5.68. The highest BCUT2D eigenvalue weighted by Crippen LogP contribution is 2.28. The van der Waals surface area contributed by atoms with Crippen LogP contribution in [0.1, 0.15) is 5.56 Å². The Morgan fingerprint density at radius 1 is 1.50 bits per heavy atom. The van der Waals surface area contributed by atoms with Gasteiger partial charge >= 0.3 is 0 Å². The third-order valence-electron chi connectivity index (χ3n) is 1.97. The molecule has 0 aromatic heterocycles. The number of hydrogen-bond acceptors (Lipinski definition) is 3. The minimum atomic E-state index is -0.0342. The van der Waals surface area contributed by atoms with Crippen LogP contribution in [0.5, 0.6) is 0 Å². The van der Waals surface area contributed by atoms with Gasteiger partial charge in [0.05, 0.1) is 0 Å². The summed E-state index contributed by atoms with van der Waals surface area (Å²) in [6.45, 7) is 1.88. The lowest BCUT2D eigenvalue weighted by atomic mass is 10.1. The Hall–Kier alpha value is -1.39. The number of hydroxylamine groups is 1. The maximum atomic E-state index is 11.1. The molecule has 1 aliphatic rings. The number of fused-ring (bicyclic) bond motifs is 1. The Morgan fingerprint density at radius 2 is 2.25 bits per heavy atom. The van der Waals surface area contributed by atoms with Crippen LogP contribution in [0.3, 0.4) is 0 Å². The van der Waals surface area contributed by atoms with Crippen molar-refractivity contribution in [3.63, 3.8) is 0 Å². The molecule has 1 atom stereocenters. The van der Waals surface area contributed by atoms with Crippen molar-refractivity contribution < 1.29 is 5.06 Å². The zero-order chi connectivity index (χ0) is 8.72. The quantitative estimate of drug-likeness (QED) is 0.425. The Labute approximate surface area is 69.9 Å². The van der Waals surface area contributed by atoms with E-state index in [0.717, 1.165) is 5.56 Å². The van der Waals surface area contributed by atoms with E-state index in [1.807, 2.05) is 6.92 Å². The average molecular weight is 163 g/mol. The molecule has 0 amide bonds. The minimum Gasteiger partial charge on any atom is -0.623 e. The number of nitrogens with two attached hydrogens (primary N) is 1. The number of rotatable bonds is 0. The Bertz CT molecular complexity index is 360. The lowest BCUT2D eigenvalue weighted by molar-refractivity contribution is -0.655. The van der Waals surface area contributed by atoms with Crippen molar-refractivity contribution in [3.8, 4) is 0 Å². The molecule has 0 spiro atoms. The van der Waals surface area contributed by atoms with Crippen LogP contribution in [0, 0.1) is 12.1 Å².